The molecule has 5 heterocycles. The third-order valence-corrected chi connectivity index (χ3v) is 16.6. The molecule has 4 nitrogen and oxygen atoms in total. The molecule has 0 atom stereocenters. The number of nitrogens with one attached hydrogen (secondary N) is 1. The Morgan fingerprint density at radius 1 is 0.561 bits per heavy atom. The largest absolute Gasteiger partial charge is 0.469 e. The molecule has 0 spiro atoms. The van der Waals surface area contributed by atoms with E-state index >= 15 is 0 Å². The summed E-state index contributed by atoms with van der Waals surface area (Å²) >= 11 is 1.87. The van der Waals surface area contributed by atoms with Crippen molar-refractivity contribution in [3.05, 3.63) is 138 Å². The van der Waals surface area contributed by atoms with Crippen molar-refractivity contribution in [2.24, 2.45) is 0 Å². The van der Waals surface area contributed by atoms with Crippen molar-refractivity contribution in [2.75, 3.05) is 5.32 Å². The number of hydrogen-bond donors (Lipinski definition) is 1. The van der Waals surface area contributed by atoms with Gasteiger partial charge in [-0.3, -0.25) is 0 Å². The van der Waals surface area contributed by atoms with Crippen LogP contribution >= 0.6 is 11.3 Å². The lowest BCUT2D eigenvalue weighted by Crippen LogP contribution is -2.36. The van der Waals surface area contributed by atoms with E-state index in [1.807, 2.05) is 11.3 Å². The fraction of sp³-hybridized carbons (Fsp3) is 0.267. The minimum absolute atomic E-state index is 0.0172. The highest BCUT2D eigenvalue weighted by molar-refractivity contribution is 7.25. The number of fused-ring (bicyclic) bond motifs is 14. The summed E-state index contributed by atoms with van der Waals surface area (Å²) in [4.78, 5) is 0. The lowest BCUT2D eigenvalue weighted by molar-refractivity contribution is 0.332. The molecule has 4 aromatic heterocycles. The quantitative estimate of drug-likeness (QED) is 0.180. The van der Waals surface area contributed by atoms with Crippen molar-refractivity contribution in [3.8, 4) is 16.8 Å². The van der Waals surface area contributed by atoms with Crippen molar-refractivity contribution < 1.29 is 8.83 Å². The maximum atomic E-state index is 6.99. The zero-order chi connectivity index (χ0) is 45.4. The number of nitrogens with zero attached hydrogens (tertiary/aromatic N) is 1. The number of furan rings is 2. The van der Waals surface area contributed by atoms with Gasteiger partial charge in [0.25, 0.3) is 0 Å². The lowest BCUT2D eigenvalue weighted by atomic mass is 9.62. The van der Waals surface area contributed by atoms with Crippen molar-refractivity contribution in [1.82, 2.24) is 4.57 Å². The van der Waals surface area contributed by atoms with Crippen LogP contribution < -0.4 is 16.4 Å². The van der Waals surface area contributed by atoms with E-state index in [9.17, 15) is 0 Å². The van der Waals surface area contributed by atoms with Gasteiger partial charge in [0, 0.05) is 69.6 Å². The first kappa shape index (κ1) is 40.1. The average Bonchev–Trinajstić information content (AvgIpc) is 4.02. The summed E-state index contributed by atoms with van der Waals surface area (Å²) in [6.45, 7) is 23.3. The maximum absolute atomic E-state index is 6.99. The van der Waals surface area contributed by atoms with Gasteiger partial charge in [0.1, 0.15) is 16.7 Å². The monoisotopic (exact) mass is 877 g/mol. The fourth-order valence-electron chi connectivity index (χ4n) is 11.4. The molecule has 0 bridgehead atoms. The number of rotatable bonds is 3. The molecule has 0 unspecified atom stereocenters. The van der Waals surface area contributed by atoms with Gasteiger partial charge < -0.3 is 18.7 Å². The summed E-state index contributed by atoms with van der Waals surface area (Å²) in [5.74, 6) is 0. The van der Waals surface area contributed by atoms with Gasteiger partial charge in [-0.05, 0) is 135 Å². The average molecular weight is 878 g/mol. The first-order valence-electron chi connectivity index (χ1n) is 23.7. The highest BCUT2D eigenvalue weighted by Crippen LogP contribution is 2.50. The Morgan fingerprint density at radius 3 is 2.02 bits per heavy atom. The molecule has 0 fully saturated rings. The molecule has 7 aromatic carbocycles. The molecule has 1 radical (unpaired) electrons. The second-order valence-electron chi connectivity index (χ2n) is 22.8. The summed E-state index contributed by atoms with van der Waals surface area (Å²) in [7, 11) is 2.31. The smallest absolute Gasteiger partial charge is 0.247 e. The SMILES string of the molecule is CC(C)(C)c1ccc(Nc2cc3c(cc2-c2ccc4c5cc6c(cc5n5c4c2[B]c2oc4ccc(C(C)(C)C)cc4c2-5)sc2ccccc26)oc2cc4c(cc23)C(C)(C)CCC4(C)C)cc1. The topological polar surface area (TPSA) is 43.2 Å². The first-order chi connectivity index (χ1) is 31.4. The Kier molecular flexibility index (Phi) is 8.03. The van der Waals surface area contributed by atoms with Crippen LogP contribution in [0.2, 0.25) is 0 Å². The van der Waals surface area contributed by atoms with Gasteiger partial charge in [-0.15, -0.1) is 11.3 Å². The minimum Gasteiger partial charge on any atom is -0.469 e. The number of benzene rings is 7. The van der Waals surface area contributed by atoms with Gasteiger partial charge >= 0.3 is 0 Å². The molecule has 6 heteroatoms. The minimum atomic E-state index is -0.0172. The molecule has 1 aliphatic heterocycles. The normalized spacial score (nSPS) is 15.7. The summed E-state index contributed by atoms with van der Waals surface area (Å²) in [6, 6.07) is 43.5. The van der Waals surface area contributed by atoms with Crippen LogP contribution in [0.3, 0.4) is 0 Å². The highest BCUT2D eigenvalue weighted by atomic mass is 32.1. The van der Waals surface area contributed by atoms with Crippen LogP contribution in [-0.4, -0.2) is 11.8 Å². The van der Waals surface area contributed by atoms with E-state index in [1.165, 1.54) is 69.6 Å². The third-order valence-electron chi connectivity index (χ3n) is 15.4. The van der Waals surface area contributed by atoms with Crippen LogP contribution in [0.5, 0.6) is 0 Å². The second-order valence-corrected chi connectivity index (χ2v) is 23.8. The predicted octanol–water partition coefficient (Wildman–Crippen LogP) is 16.1. The van der Waals surface area contributed by atoms with Crippen molar-refractivity contribution in [3.63, 3.8) is 0 Å². The number of hydrogen-bond acceptors (Lipinski definition) is 4. The van der Waals surface area contributed by atoms with Crippen LogP contribution in [0, 0.1) is 0 Å². The Balaban J connectivity index is 1.10. The Morgan fingerprint density at radius 2 is 1.26 bits per heavy atom. The van der Waals surface area contributed by atoms with E-state index in [-0.39, 0.29) is 21.7 Å². The predicted molar refractivity (Wildman–Crippen MR) is 284 cm³/mol. The van der Waals surface area contributed by atoms with Crippen LogP contribution in [-0.2, 0) is 21.7 Å². The third kappa shape index (κ3) is 5.76. The summed E-state index contributed by atoms with van der Waals surface area (Å²) in [5.41, 5.74) is 18.2. The zero-order valence-electron chi connectivity index (χ0n) is 39.6. The Labute approximate surface area is 390 Å². The van der Waals surface area contributed by atoms with E-state index in [2.05, 4.69) is 202 Å². The first-order valence-corrected chi connectivity index (χ1v) is 24.5. The second kappa shape index (κ2) is 13.2. The van der Waals surface area contributed by atoms with Crippen molar-refractivity contribution >= 4 is 116 Å². The highest BCUT2D eigenvalue weighted by Gasteiger charge is 2.38. The summed E-state index contributed by atoms with van der Waals surface area (Å²) < 4.78 is 19.1. The zero-order valence-corrected chi connectivity index (χ0v) is 40.4. The standard InChI is InChI=1S/C60H54BN2O2S/c1-57(2,3)32-15-18-34(19-16-32)62-46-28-41-40-27-44-45(60(9,10)24-23-59(44,7)8)30-50(40)64-49(41)29-38(46)36-20-21-37-39-26-42-35-13-11-12-14-51(35)66-52(42)31-47(39)63-54(37)53(36)61-56-55(63)43-25-33(58(4,5)6)17-22-48(43)65-56/h11-22,25-31,62H,23-24H2,1-10H3. The lowest BCUT2D eigenvalue weighted by Gasteiger charge is -2.41. The molecule has 0 saturated carbocycles. The Bertz CT molecular complexity index is 3890. The van der Waals surface area contributed by atoms with Crippen LogP contribution in [0.4, 0.5) is 11.4 Å². The van der Waals surface area contributed by atoms with E-state index < -0.39 is 0 Å². The van der Waals surface area contributed by atoms with Crippen LogP contribution in [0.15, 0.2) is 124 Å². The van der Waals surface area contributed by atoms with Gasteiger partial charge in [-0.2, -0.15) is 0 Å². The summed E-state index contributed by atoms with van der Waals surface area (Å²) in [6.07, 6.45) is 2.32. The van der Waals surface area contributed by atoms with Crippen molar-refractivity contribution in [2.45, 2.75) is 104 Å². The van der Waals surface area contributed by atoms with Gasteiger partial charge in [-0.1, -0.05) is 118 Å². The molecule has 1 aliphatic carbocycles. The van der Waals surface area contributed by atoms with Gasteiger partial charge in [0.05, 0.1) is 16.9 Å². The number of anilines is 2. The van der Waals surface area contributed by atoms with Gasteiger partial charge in [0.15, 0.2) is 0 Å². The van der Waals surface area contributed by atoms with E-state index in [4.69, 9.17) is 8.83 Å². The summed E-state index contributed by atoms with van der Waals surface area (Å²) in [5, 5.41) is 12.5. The van der Waals surface area contributed by atoms with Crippen molar-refractivity contribution in [1.29, 1.82) is 0 Å². The van der Waals surface area contributed by atoms with Crippen LogP contribution in [0.25, 0.3) is 91.7 Å². The molecular weight excluding hydrogens is 824 g/mol. The molecule has 2 aliphatic rings. The molecule has 13 rings (SSSR count). The van der Waals surface area contributed by atoms with E-state index in [1.54, 1.807) is 0 Å². The Hall–Kier alpha value is -6.24. The molecule has 11 aromatic rings. The molecular formula is C60H54BN2O2S. The van der Waals surface area contributed by atoms with E-state index in [0.29, 0.717) is 0 Å². The molecule has 0 amide bonds. The van der Waals surface area contributed by atoms with Gasteiger partial charge in [-0.25, -0.2) is 0 Å². The van der Waals surface area contributed by atoms with E-state index in [0.717, 1.165) is 79.7 Å². The molecule has 66 heavy (non-hydrogen) atoms. The maximum Gasteiger partial charge on any atom is 0.247 e. The molecule has 0 saturated heterocycles. The molecule has 325 valence electrons. The fourth-order valence-corrected chi connectivity index (χ4v) is 12.5. The molecule has 1 N–H and O–H groups in total. The number of aromatic nitrogens is 1. The van der Waals surface area contributed by atoms with Gasteiger partial charge in [0.2, 0.25) is 7.28 Å². The number of thiophene rings is 1. The van der Waals surface area contributed by atoms with Crippen LogP contribution in [0.1, 0.15) is 104 Å².